The van der Waals surface area contributed by atoms with Gasteiger partial charge < -0.3 is 15.4 Å². The average molecular weight is 365 g/mol. The van der Waals surface area contributed by atoms with Gasteiger partial charge in [-0.2, -0.15) is 8.78 Å². The Morgan fingerprint density at radius 3 is 2.67 bits per heavy atom. The van der Waals surface area contributed by atoms with Gasteiger partial charge >= 0.3 is 6.61 Å². The summed E-state index contributed by atoms with van der Waals surface area (Å²) in [7, 11) is 1.58. The predicted octanol–water partition coefficient (Wildman–Crippen LogP) is 2.91. The number of rotatable bonds is 7. The molecule has 0 atom stereocenters. The molecule has 0 aliphatic heterocycles. The van der Waals surface area contributed by atoms with Crippen LogP contribution in [0.5, 0.6) is 5.75 Å². The van der Waals surface area contributed by atoms with Crippen molar-refractivity contribution < 1.29 is 18.3 Å². The van der Waals surface area contributed by atoms with E-state index in [1.807, 2.05) is 0 Å². The topological polar surface area (TPSA) is 50.4 Å². The Kier molecular flexibility index (Phi) is 6.54. The van der Waals surface area contributed by atoms with E-state index in [4.69, 9.17) is 0 Å². The van der Waals surface area contributed by atoms with E-state index >= 15 is 0 Å². The maximum absolute atomic E-state index is 12.4. The number of benzene rings is 1. The van der Waals surface area contributed by atoms with E-state index in [9.17, 15) is 13.6 Å². The molecule has 0 aromatic heterocycles. The van der Waals surface area contributed by atoms with Crippen molar-refractivity contribution in [2.75, 3.05) is 13.6 Å². The molecule has 0 aliphatic carbocycles. The third-order valence-electron chi connectivity index (χ3n) is 2.96. The van der Waals surface area contributed by atoms with E-state index in [1.165, 1.54) is 6.07 Å². The van der Waals surface area contributed by atoms with Crippen LogP contribution in [0.1, 0.15) is 19.4 Å². The van der Waals surface area contributed by atoms with Crippen LogP contribution in [0.25, 0.3) is 0 Å². The zero-order chi connectivity index (χ0) is 16.0. The van der Waals surface area contributed by atoms with Crippen LogP contribution in [-0.2, 0) is 11.3 Å². The first kappa shape index (κ1) is 17.8. The van der Waals surface area contributed by atoms with Crippen molar-refractivity contribution in [1.82, 2.24) is 10.6 Å². The van der Waals surface area contributed by atoms with Crippen molar-refractivity contribution in [3.63, 3.8) is 0 Å². The third kappa shape index (κ3) is 5.59. The zero-order valence-corrected chi connectivity index (χ0v) is 13.8. The molecule has 4 nitrogen and oxygen atoms in total. The molecule has 21 heavy (non-hydrogen) atoms. The maximum Gasteiger partial charge on any atom is 0.387 e. The second kappa shape index (κ2) is 7.70. The Labute approximate surface area is 131 Å². The van der Waals surface area contributed by atoms with Crippen LogP contribution in [0.3, 0.4) is 0 Å². The fourth-order valence-corrected chi connectivity index (χ4v) is 2.23. The maximum atomic E-state index is 12.4. The van der Waals surface area contributed by atoms with Gasteiger partial charge in [0.15, 0.2) is 0 Å². The van der Waals surface area contributed by atoms with Gasteiger partial charge in [-0.05, 0) is 32.0 Å². The van der Waals surface area contributed by atoms with Crippen molar-refractivity contribution in [1.29, 1.82) is 0 Å². The molecule has 1 amide bonds. The van der Waals surface area contributed by atoms with E-state index in [-0.39, 0.29) is 11.7 Å². The SMILES string of the molecule is CNC(=O)C(C)(C)CNCc1cc(Br)ccc1OC(F)F. The normalized spacial score (nSPS) is 11.6. The number of hydrogen-bond donors (Lipinski definition) is 2. The molecule has 0 bridgehead atoms. The van der Waals surface area contributed by atoms with Crippen molar-refractivity contribution >= 4 is 21.8 Å². The lowest BCUT2D eigenvalue weighted by atomic mass is 9.92. The molecule has 2 N–H and O–H groups in total. The van der Waals surface area contributed by atoms with E-state index < -0.39 is 12.0 Å². The molecule has 0 unspecified atom stereocenters. The molecule has 0 saturated carbocycles. The van der Waals surface area contributed by atoms with Crippen molar-refractivity contribution in [2.45, 2.75) is 27.0 Å². The minimum atomic E-state index is -2.87. The van der Waals surface area contributed by atoms with E-state index in [0.717, 1.165) is 4.47 Å². The largest absolute Gasteiger partial charge is 0.434 e. The average Bonchev–Trinajstić information content (AvgIpc) is 2.40. The van der Waals surface area contributed by atoms with Crippen molar-refractivity contribution in [3.8, 4) is 5.75 Å². The van der Waals surface area contributed by atoms with Gasteiger partial charge in [0, 0.05) is 30.2 Å². The highest BCUT2D eigenvalue weighted by Crippen LogP contribution is 2.25. The molecule has 0 fully saturated rings. The second-order valence-electron chi connectivity index (χ2n) is 5.20. The van der Waals surface area contributed by atoms with E-state index in [1.54, 1.807) is 33.0 Å². The molecular weight excluding hydrogens is 346 g/mol. The molecule has 0 spiro atoms. The standard InChI is InChI=1S/C14H19BrF2N2O2/c1-14(2,12(20)18-3)8-19-7-9-6-10(15)4-5-11(9)21-13(16)17/h4-6,13,19H,7-8H2,1-3H3,(H,18,20). The number of carbonyl (C=O) groups is 1. The van der Waals surface area contributed by atoms with Gasteiger partial charge in [0.25, 0.3) is 0 Å². The lowest BCUT2D eigenvalue weighted by Crippen LogP contribution is -2.41. The first-order valence-corrected chi connectivity index (χ1v) is 7.21. The van der Waals surface area contributed by atoms with E-state index in [0.29, 0.717) is 18.7 Å². The third-order valence-corrected chi connectivity index (χ3v) is 3.46. The summed E-state index contributed by atoms with van der Waals surface area (Å²) in [5, 5.41) is 5.68. The Balaban J connectivity index is 2.70. The molecule has 0 radical (unpaired) electrons. The lowest BCUT2D eigenvalue weighted by molar-refractivity contribution is -0.128. The molecule has 0 heterocycles. The van der Waals surface area contributed by atoms with Gasteiger partial charge in [-0.3, -0.25) is 4.79 Å². The quantitative estimate of drug-likeness (QED) is 0.781. The Morgan fingerprint density at radius 2 is 2.10 bits per heavy atom. The summed E-state index contributed by atoms with van der Waals surface area (Å²) in [6.07, 6.45) is 0. The first-order chi connectivity index (χ1) is 9.76. The number of carbonyl (C=O) groups excluding carboxylic acids is 1. The van der Waals surface area contributed by atoms with Gasteiger partial charge in [-0.25, -0.2) is 0 Å². The molecule has 1 rings (SSSR count). The number of amides is 1. The lowest BCUT2D eigenvalue weighted by Gasteiger charge is -2.23. The minimum Gasteiger partial charge on any atom is -0.434 e. The highest BCUT2D eigenvalue weighted by molar-refractivity contribution is 9.10. The van der Waals surface area contributed by atoms with Crippen molar-refractivity contribution in [2.24, 2.45) is 5.41 Å². The summed E-state index contributed by atoms with van der Waals surface area (Å²) >= 11 is 3.29. The summed E-state index contributed by atoms with van der Waals surface area (Å²) in [5.74, 6) is 0.0340. The number of nitrogens with one attached hydrogen (secondary N) is 2. The Morgan fingerprint density at radius 1 is 1.43 bits per heavy atom. The summed E-state index contributed by atoms with van der Waals surface area (Å²) in [6.45, 7) is 1.47. The molecule has 7 heteroatoms. The summed E-state index contributed by atoms with van der Waals surface area (Å²) in [6, 6.07) is 4.82. The fraction of sp³-hybridized carbons (Fsp3) is 0.500. The molecule has 1 aromatic carbocycles. The first-order valence-electron chi connectivity index (χ1n) is 6.42. The van der Waals surface area contributed by atoms with Crippen LogP contribution < -0.4 is 15.4 Å². The monoisotopic (exact) mass is 364 g/mol. The molecule has 0 aliphatic rings. The second-order valence-corrected chi connectivity index (χ2v) is 6.11. The van der Waals surface area contributed by atoms with Crippen LogP contribution in [-0.4, -0.2) is 26.1 Å². The Hall–Kier alpha value is -1.21. The Bertz CT molecular complexity index is 496. The highest BCUT2D eigenvalue weighted by Gasteiger charge is 2.26. The minimum absolute atomic E-state index is 0.0895. The van der Waals surface area contributed by atoms with Gasteiger partial charge in [-0.15, -0.1) is 0 Å². The summed E-state index contributed by atoms with van der Waals surface area (Å²) in [4.78, 5) is 11.7. The van der Waals surface area contributed by atoms with Crippen LogP contribution in [0, 0.1) is 5.41 Å². The van der Waals surface area contributed by atoms with Gasteiger partial charge in [0.1, 0.15) is 5.75 Å². The predicted molar refractivity (Wildman–Crippen MR) is 80.3 cm³/mol. The molecule has 1 aromatic rings. The zero-order valence-electron chi connectivity index (χ0n) is 12.2. The molecule has 118 valence electrons. The summed E-state index contributed by atoms with van der Waals surface area (Å²) < 4.78 is 30.0. The van der Waals surface area contributed by atoms with Gasteiger partial charge in [0.05, 0.1) is 5.41 Å². The molecule has 0 saturated heterocycles. The van der Waals surface area contributed by atoms with Crippen LogP contribution >= 0.6 is 15.9 Å². The summed E-state index contributed by atoms with van der Waals surface area (Å²) in [5.41, 5.74) is 0.00204. The van der Waals surface area contributed by atoms with Crippen molar-refractivity contribution in [3.05, 3.63) is 28.2 Å². The van der Waals surface area contributed by atoms with Gasteiger partial charge in [-0.1, -0.05) is 15.9 Å². The fourth-order valence-electron chi connectivity index (χ4n) is 1.83. The van der Waals surface area contributed by atoms with Gasteiger partial charge in [0.2, 0.25) is 5.91 Å². The number of ether oxygens (including phenoxy) is 1. The molecular formula is C14H19BrF2N2O2. The number of halogens is 3. The van der Waals surface area contributed by atoms with E-state index in [2.05, 4.69) is 31.3 Å². The van der Waals surface area contributed by atoms with Crippen LogP contribution in [0.15, 0.2) is 22.7 Å². The van der Waals surface area contributed by atoms with Crippen LogP contribution in [0.2, 0.25) is 0 Å². The highest BCUT2D eigenvalue weighted by atomic mass is 79.9. The van der Waals surface area contributed by atoms with Crippen LogP contribution in [0.4, 0.5) is 8.78 Å². The number of alkyl halides is 2. The smallest absolute Gasteiger partial charge is 0.387 e. The number of hydrogen-bond acceptors (Lipinski definition) is 3.